The predicted molar refractivity (Wildman–Crippen MR) is 73.3 cm³/mol. The first-order valence-corrected chi connectivity index (χ1v) is 6.47. The molecule has 0 spiro atoms. The molecule has 0 aliphatic carbocycles. The monoisotopic (exact) mass is 303 g/mol. The minimum atomic E-state index is -2.78. The van der Waals surface area contributed by atoms with E-state index in [2.05, 4.69) is 15.2 Å². The Morgan fingerprint density at radius 2 is 1.86 bits per heavy atom. The quantitative estimate of drug-likeness (QED) is 0.720. The Balaban J connectivity index is 1.67. The first-order valence-electron chi connectivity index (χ1n) is 6.47. The first kappa shape index (κ1) is 14.1. The van der Waals surface area contributed by atoms with Gasteiger partial charge in [0, 0.05) is 6.20 Å². The lowest BCUT2D eigenvalue weighted by Gasteiger charge is -2.05. The van der Waals surface area contributed by atoms with Crippen LogP contribution in [0.3, 0.4) is 0 Å². The lowest BCUT2D eigenvalue weighted by Crippen LogP contribution is -1.97. The summed E-state index contributed by atoms with van der Waals surface area (Å²) in [4.78, 5) is 4.18. The van der Waals surface area contributed by atoms with E-state index in [0.29, 0.717) is 17.9 Å². The number of aromatic nitrogens is 3. The minimum absolute atomic E-state index is 0.0123. The fourth-order valence-corrected chi connectivity index (χ4v) is 1.75. The van der Waals surface area contributed by atoms with E-state index < -0.39 is 12.3 Å². The van der Waals surface area contributed by atoms with E-state index in [1.807, 2.05) is 30.3 Å². The molecule has 112 valence electrons. The maximum atomic E-state index is 12.4. The summed E-state index contributed by atoms with van der Waals surface area (Å²) in [7, 11) is 0. The molecule has 0 aliphatic rings. The van der Waals surface area contributed by atoms with Gasteiger partial charge in [-0.3, -0.25) is 4.98 Å². The molecule has 0 aliphatic heterocycles. The van der Waals surface area contributed by atoms with Gasteiger partial charge in [-0.25, -0.2) is 0 Å². The second kappa shape index (κ2) is 6.30. The molecule has 0 unspecified atom stereocenters. The van der Waals surface area contributed by atoms with E-state index in [1.54, 1.807) is 12.1 Å². The summed E-state index contributed by atoms with van der Waals surface area (Å²) in [5, 5.41) is 6.83. The van der Waals surface area contributed by atoms with E-state index in [0.717, 1.165) is 5.75 Å². The molecule has 1 aromatic carbocycles. The third-order valence-corrected chi connectivity index (χ3v) is 2.83. The molecule has 0 amide bonds. The molecule has 22 heavy (non-hydrogen) atoms. The zero-order valence-electron chi connectivity index (χ0n) is 11.3. The Morgan fingerprint density at radius 3 is 2.50 bits per heavy atom. The zero-order chi connectivity index (χ0) is 15.4. The van der Waals surface area contributed by atoms with Crippen LogP contribution in [0.15, 0.2) is 53.1 Å². The maximum absolute atomic E-state index is 12.4. The highest BCUT2D eigenvalue weighted by molar-refractivity contribution is 5.50. The third-order valence-electron chi connectivity index (χ3n) is 2.83. The van der Waals surface area contributed by atoms with Gasteiger partial charge in [0.2, 0.25) is 5.89 Å². The molecule has 5 nitrogen and oxygen atoms in total. The summed E-state index contributed by atoms with van der Waals surface area (Å²) in [5.41, 5.74) is 1.17. The van der Waals surface area contributed by atoms with Gasteiger partial charge in [0.15, 0.2) is 0 Å². The molecule has 0 bridgehead atoms. The van der Waals surface area contributed by atoms with Crippen LogP contribution >= 0.6 is 0 Å². The molecule has 3 rings (SSSR count). The number of benzene rings is 1. The average Bonchev–Trinajstić information content (AvgIpc) is 3.05. The van der Waals surface area contributed by atoms with Gasteiger partial charge >= 0.3 is 6.43 Å². The predicted octanol–water partition coefficient (Wildman–Crippen LogP) is 3.65. The highest BCUT2D eigenvalue weighted by atomic mass is 19.3. The number of pyridine rings is 1. The first-order chi connectivity index (χ1) is 10.7. The van der Waals surface area contributed by atoms with Crippen molar-refractivity contribution in [2.75, 3.05) is 0 Å². The maximum Gasteiger partial charge on any atom is 0.314 e. The molecule has 2 aromatic heterocycles. The zero-order valence-corrected chi connectivity index (χ0v) is 11.3. The van der Waals surface area contributed by atoms with Crippen LogP contribution in [0.1, 0.15) is 18.0 Å². The molecule has 7 heteroatoms. The molecule has 0 radical (unpaired) electrons. The van der Waals surface area contributed by atoms with E-state index in [4.69, 9.17) is 9.15 Å². The number of nitrogens with zero attached hydrogens (tertiary/aromatic N) is 3. The summed E-state index contributed by atoms with van der Waals surface area (Å²) >= 11 is 0. The summed E-state index contributed by atoms with van der Waals surface area (Å²) < 4.78 is 35.2. The van der Waals surface area contributed by atoms with Crippen LogP contribution in [0.2, 0.25) is 0 Å². The summed E-state index contributed by atoms with van der Waals surface area (Å²) in [6.45, 7) is 0.302. The number of rotatable bonds is 5. The third kappa shape index (κ3) is 3.25. The van der Waals surface area contributed by atoms with Gasteiger partial charge in [0.25, 0.3) is 5.89 Å². The van der Waals surface area contributed by atoms with Gasteiger partial charge < -0.3 is 9.15 Å². The van der Waals surface area contributed by atoms with Crippen molar-refractivity contribution in [3.05, 3.63) is 60.2 Å². The SMILES string of the molecule is FC(F)c1nnc(-c2ccc(COc3ccccc3)nc2)o1. The van der Waals surface area contributed by atoms with Crippen molar-refractivity contribution in [2.24, 2.45) is 0 Å². The van der Waals surface area contributed by atoms with Crippen molar-refractivity contribution in [1.29, 1.82) is 0 Å². The van der Waals surface area contributed by atoms with Crippen molar-refractivity contribution >= 4 is 0 Å². The van der Waals surface area contributed by atoms with Crippen LogP contribution in [-0.2, 0) is 6.61 Å². The summed E-state index contributed by atoms with van der Waals surface area (Å²) in [5.74, 6) is 0.0525. The Labute approximate surface area is 124 Å². The van der Waals surface area contributed by atoms with Gasteiger partial charge in [0.1, 0.15) is 12.4 Å². The molecule has 3 aromatic rings. The van der Waals surface area contributed by atoms with Crippen LogP contribution in [0.4, 0.5) is 8.78 Å². The molecule has 2 heterocycles. The van der Waals surface area contributed by atoms with Crippen LogP contribution in [0.5, 0.6) is 5.75 Å². The second-order valence-electron chi connectivity index (χ2n) is 4.39. The van der Waals surface area contributed by atoms with Crippen LogP contribution in [-0.4, -0.2) is 15.2 Å². The van der Waals surface area contributed by atoms with Crippen LogP contribution in [0, 0.1) is 0 Å². The normalized spacial score (nSPS) is 10.9. The average molecular weight is 303 g/mol. The van der Waals surface area contributed by atoms with Gasteiger partial charge in [-0.2, -0.15) is 8.78 Å². The van der Waals surface area contributed by atoms with Gasteiger partial charge in [-0.15, -0.1) is 10.2 Å². The van der Waals surface area contributed by atoms with Crippen molar-refractivity contribution in [3.63, 3.8) is 0 Å². The Morgan fingerprint density at radius 1 is 1.05 bits per heavy atom. The highest BCUT2D eigenvalue weighted by Gasteiger charge is 2.17. The smallest absolute Gasteiger partial charge is 0.314 e. The number of para-hydroxylation sites is 1. The molecular weight excluding hydrogens is 292 g/mol. The van der Waals surface area contributed by atoms with E-state index in [1.165, 1.54) is 6.20 Å². The number of halogens is 2. The number of alkyl halides is 2. The minimum Gasteiger partial charge on any atom is -0.487 e. The number of hydrogen-bond donors (Lipinski definition) is 0. The van der Waals surface area contributed by atoms with Crippen molar-refractivity contribution < 1.29 is 17.9 Å². The molecular formula is C15H11F2N3O2. The summed E-state index contributed by atoms with van der Waals surface area (Å²) in [6.07, 6.45) is -1.31. The van der Waals surface area contributed by atoms with Gasteiger partial charge in [-0.05, 0) is 24.3 Å². The fourth-order valence-electron chi connectivity index (χ4n) is 1.75. The van der Waals surface area contributed by atoms with Gasteiger partial charge in [-0.1, -0.05) is 18.2 Å². The van der Waals surface area contributed by atoms with Gasteiger partial charge in [0.05, 0.1) is 11.3 Å². The van der Waals surface area contributed by atoms with E-state index >= 15 is 0 Å². The van der Waals surface area contributed by atoms with E-state index in [9.17, 15) is 8.78 Å². The van der Waals surface area contributed by atoms with E-state index in [-0.39, 0.29) is 5.89 Å². The Kier molecular flexibility index (Phi) is 4.04. The lowest BCUT2D eigenvalue weighted by atomic mass is 10.2. The highest BCUT2D eigenvalue weighted by Crippen LogP contribution is 2.22. The molecule has 0 saturated carbocycles. The fraction of sp³-hybridized carbons (Fsp3) is 0.133. The largest absolute Gasteiger partial charge is 0.487 e. The molecule has 0 fully saturated rings. The Hall–Kier alpha value is -2.83. The van der Waals surface area contributed by atoms with Crippen molar-refractivity contribution in [2.45, 2.75) is 13.0 Å². The lowest BCUT2D eigenvalue weighted by molar-refractivity contribution is 0.116. The van der Waals surface area contributed by atoms with Crippen molar-refractivity contribution in [3.8, 4) is 17.2 Å². The molecule has 0 N–H and O–H groups in total. The number of ether oxygens (including phenoxy) is 1. The molecule has 0 saturated heterocycles. The topological polar surface area (TPSA) is 61.0 Å². The molecule has 0 atom stereocenters. The number of hydrogen-bond acceptors (Lipinski definition) is 5. The van der Waals surface area contributed by atoms with Crippen LogP contribution < -0.4 is 4.74 Å². The standard InChI is InChI=1S/C15H11F2N3O2/c16-13(17)15-20-19-14(22-15)10-6-7-11(18-8-10)9-21-12-4-2-1-3-5-12/h1-8,13H,9H2. The second-order valence-corrected chi connectivity index (χ2v) is 4.39. The van der Waals surface area contributed by atoms with Crippen molar-refractivity contribution in [1.82, 2.24) is 15.2 Å². The Bertz CT molecular complexity index is 730. The van der Waals surface area contributed by atoms with Crippen LogP contribution in [0.25, 0.3) is 11.5 Å². The summed E-state index contributed by atoms with van der Waals surface area (Å²) in [6, 6.07) is 12.7.